The lowest BCUT2D eigenvalue weighted by atomic mass is 10.0. The molecule has 2 rings (SSSR count). The molecule has 0 heterocycles. The van der Waals surface area contributed by atoms with Crippen LogP contribution in [0.5, 0.6) is 0 Å². The van der Waals surface area contributed by atoms with Gasteiger partial charge in [-0.1, -0.05) is 48.5 Å². The van der Waals surface area contributed by atoms with Gasteiger partial charge in [0.1, 0.15) is 0 Å². The van der Waals surface area contributed by atoms with E-state index in [4.69, 9.17) is 5.41 Å². The predicted molar refractivity (Wildman–Crippen MR) is 77.6 cm³/mol. The molecule has 0 aliphatic carbocycles. The molecule has 2 aromatic carbocycles. The van der Waals surface area contributed by atoms with Crippen LogP contribution in [-0.4, -0.2) is 11.8 Å². The normalized spacial score (nSPS) is 10.4. The molecule has 0 fully saturated rings. The van der Waals surface area contributed by atoms with Crippen LogP contribution < -0.4 is 5.32 Å². The topological polar surface area (TPSA) is 35.9 Å². The van der Waals surface area contributed by atoms with Crippen LogP contribution >= 0.6 is 0 Å². The Morgan fingerprint density at radius 1 is 0.944 bits per heavy atom. The van der Waals surface area contributed by atoms with Gasteiger partial charge in [-0.05, 0) is 19.9 Å². The molecule has 2 nitrogen and oxygen atoms in total. The third kappa shape index (κ3) is 2.77. The molecule has 0 saturated carbocycles. The molecular formula is C16H18N2. The Morgan fingerprint density at radius 2 is 1.56 bits per heavy atom. The van der Waals surface area contributed by atoms with Crippen LogP contribution in [0.1, 0.15) is 25.0 Å². The molecule has 2 N–H and O–H groups in total. The van der Waals surface area contributed by atoms with Crippen molar-refractivity contribution in [3.05, 3.63) is 65.7 Å². The van der Waals surface area contributed by atoms with Crippen LogP contribution in [0.25, 0.3) is 0 Å². The van der Waals surface area contributed by atoms with Gasteiger partial charge >= 0.3 is 0 Å². The molecule has 0 amide bonds. The zero-order chi connectivity index (χ0) is 13.0. The highest BCUT2D eigenvalue weighted by molar-refractivity contribution is 6.14. The Bertz CT molecular complexity index is 530. The first-order valence-corrected chi connectivity index (χ1v) is 6.18. The molecule has 0 atom stereocenters. The van der Waals surface area contributed by atoms with Crippen LogP contribution in [0.4, 0.5) is 5.69 Å². The summed E-state index contributed by atoms with van der Waals surface area (Å²) in [6.45, 7) is 4.20. The maximum absolute atomic E-state index is 8.32. The Labute approximate surface area is 108 Å². The summed E-state index contributed by atoms with van der Waals surface area (Å²) in [5, 5.41) is 11.7. The number of para-hydroxylation sites is 1. The van der Waals surface area contributed by atoms with Crippen LogP contribution in [0.15, 0.2) is 54.6 Å². The first-order valence-electron chi connectivity index (χ1n) is 6.18. The molecule has 0 unspecified atom stereocenters. The van der Waals surface area contributed by atoms with E-state index in [-0.39, 0.29) is 0 Å². The van der Waals surface area contributed by atoms with E-state index >= 15 is 0 Å². The average Bonchev–Trinajstić information content (AvgIpc) is 2.39. The third-order valence-electron chi connectivity index (χ3n) is 2.70. The van der Waals surface area contributed by atoms with Crippen molar-refractivity contribution in [2.45, 2.75) is 19.9 Å². The number of benzene rings is 2. The maximum Gasteiger partial charge on any atom is 0.0705 e. The van der Waals surface area contributed by atoms with Crippen LogP contribution in [-0.2, 0) is 0 Å². The van der Waals surface area contributed by atoms with Crippen molar-refractivity contribution >= 4 is 11.4 Å². The zero-order valence-electron chi connectivity index (χ0n) is 10.8. The monoisotopic (exact) mass is 238 g/mol. The van der Waals surface area contributed by atoms with E-state index in [1.165, 1.54) is 0 Å². The molecule has 0 aliphatic heterocycles. The van der Waals surface area contributed by atoms with Crippen molar-refractivity contribution in [2.24, 2.45) is 0 Å². The van der Waals surface area contributed by atoms with Crippen LogP contribution in [0.3, 0.4) is 0 Å². The standard InChI is InChI=1S/C16H18N2/c1-12(2)18-15-11-7-6-10-14(15)16(17)13-8-4-3-5-9-13/h3-12,17-18H,1-2H3. The second-order valence-electron chi connectivity index (χ2n) is 4.59. The van der Waals surface area contributed by atoms with Crippen molar-refractivity contribution < 1.29 is 0 Å². The maximum atomic E-state index is 8.32. The SMILES string of the molecule is CC(C)Nc1ccccc1C(=N)c1ccccc1. The van der Waals surface area contributed by atoms with Gasteiger partial charge in [0.05, 0.1) is 5.71 Å². The summed E-state index contributed by atoms with van der Waals surface area (Å²) in [6.07, 6.45) is 0. The Morgan fingerprint density at radius 3 is 2.22 bits per heavy atom. The Balaban J connectivity index is 2.36. The summed E-state index contributed by atoms with van der Waals surface area (Å²) in [7, 11) is 0. The van der Waals surface area contributed by atoms with E-state index in [0.717, 1.165) is 16.8 Å². The summed E-state index contributed by atoms with van der Waals surface area (Å²) < 4.78 is 0. The lowest BCUT2D eigenvalue weighted by Crippen LogP contribution is -2.13. The van der Waals surface area contributed by atoms with Gasteiger partial charge in [0.25, 0.3) is 0 Å². The Hall–Kier alpha value is -2.09. The second-order valence-corrected chi connectivity index (χ2v) is 4.59. The van der Waals surface area contributed by atoms with Crippen LogP contribution in [0, 0.1) is 5.41 Å². The molecule has 0 radical (unpaired) electrons. The van der Waals surface area contributed by atoms with Gasteiger partial charge in [-0.15, -0.1) is 0 Å². The lowest BCUT2D eigenvalue weighted by Gasteiger charge is -2.15. The Kier molecular flexibility index (Phi) is 3.78. The highest BCUT2D eigenvalue weighted by Crippen LogP contribution is 2.19. The van der Waals surface area contributed by atoms with Gasteiger partial charge in [-0.2, -0.15) is 0 Å². The zero-order valence-corrected chi connectivity index (χ0v) is 10.8. The van der Waals surface area contributed by atoms with Crippen LogP contribution in [0.2, 0.25) is 0 Å². The largest absolute Gasteiger partial charge is 0.382 e. The minimum Gasteiger partial charge on any atom is -0.382 e. The van der Waals surface area contributed by atoms with E-state index in [1.807, 2.05) is 54.6 Å². The van der Waals surface area contributed by atoms with Gasteiger partial charge in [0.2, 0.25) is 0 Å². The number of anilines is 1. The van der Waals surface area contributed by atoms with Crippen molar-refractivity contribution in [3.63, 3.8) is 0 Å². The molecule has 0 aromatic heterocycles. The molecule has 2 heteroatoms. The third-order valence-corrected chi connectivity index (χ3v) is 2.70. The first-order chi connectivity index (χ1) is 8.68. The summed E-state index contributed by atoms with van der Waals surface area (Å²) in [5.41, 5.74) is 3.45. The minimum absolute atomic E-state index is 0.356. The fraction of sp³-hybridized carbons (Fsp3) is 0.188. The second kappa shape index (κ2) is 5.50. The number of rotatable bonds is 4. The molecule has 92 valence electrons. The van der Waals surface area contributed by atoms with Gasteiger partial charge in [0.15, 0.2) is 0 Å². The highest BCUT2D eigenvalue weighted by atomic mass is 14.9. The number of hydrogen-bond acceptors (Lipinski definition) is 2. The van der Waals surface area contributed by atoms with E-state index < -0.39 is 0 Å². The lowest BCUT2D eigenvalue weighted by molar-refractivity contribution is 0.899. The molecule has 0 bridgehead atoms. The molecule has 2 aromatic rings. The van der Waals surface area contributed by atoms with Gasteiger partial charge < -0.3 is 5.32 Å². The van der Waals surface area contributed by atoms with Crippen molar-refractivity contribution in [1.29, 1.82) is 5.41 Å². The average molecular weight is 238 g/mol. The smallest absolute Gasteiger partial charge is 0.0705 e. The van der Waals surface area contributed by atoms with E-state index in [1.54, 1.807) is 0 Å². The molecule has 0 aliphatic rings. The van der Waals surface area contributed by atoms with Gasteiger partial charge in [-0.3, -0.25) is 5.41 Å². The summed E-state index contributed by atoms with van der Waals surface area (Å²) in [6, 6.07) is 18.1. The molecule has 18 heavy (non-hydrogen) atoms. The highest BCUT2D eigenvalue weighted by Gasteiger charge is 2.09. The van der Waals surface area contributed by atoms with Crippen molar-refractivity contribution in [2.75, 3.05) is 5.32 Å². The molecule has 0 spiro atoms. The minimum atomic E-state index is 0.356. The number of nitrogens with one attached hydrogen (secondary N) is 2. The molecular weight excluding hydrogens is 220 g/mol. The van der Waals surface area contributed by atoms with Gasteiger partial charge in [0, 0.05) is 22.9 Å². The fourth-order valence-corrected chi connectivity index (χ4v) is 1.90. The number of hydrogen-bond donors (Lipinski definition) is 2. The van der Waals surface area contributed by atoms with Crippen molar-refractivity contribution in [1.82, 2.24) is 0 Å². The summed E-state index contributed by atoms with van der Waals surface area (Å²) in [5.74, 6) is 0. The van der Waals surface area contributed by atoms with Crippen molar-refractivity contribution in [3.8, 4) is 0 Å². The first kappa shape index (κ1) is 12.4. The van der Waals surface area contributed by atoms with E-state index in [0.29, 0.717) is 11.8 Å². The predicted octanol–water partition coefficient (Wildman–Crippen LogP) is 3.92. The van der Waals surface area contributed by atoms with E-state index in [9.17, 15) is 0 Å². The molecule has 0 saturated heterocycles. The van der Waals surface area contributed by atoms with Gasteiger partial charge in [-0.25, -0.2) is 0 Å². The summed E-state index contributed by atoms with van der Waals surface area (Å²) >= 11 is 0. The van der Waals surface area contributed by atoms with E-state index in [2.05, 4.69) is 19.2 Å². The summed E-state index contributed by atoms with van der Waals surface area (Å²) in [4.78, 5) is 0. The quantitative estimate of drug-likeness (QED) is 0.778. The fourth-order valence-electron chi connectivity index (χ4n) is 1.90.